The minimum atomic E-state index is 0.530. The van der Waals surface area contributed by atoms with Crippen molar-refractivity contribution in [1.82, 2.24) is 4.90 Å². The van der Waals surface area contributed by atoms with E-state index in [0.717, 1.165) is 32.8 Å². The SMILES string of the molecule is CCCN(CC)C(CN)C1CCOC1. The van der Waals surface area contributed by atoms with Crippen LogP contribution in [-0.2, 0) is 4.74 Å². The van der Waals surface area contributed by atoms with Crippen LogP contribution < -0.4 is 5.73 Å². The van der Waals surface area contributed by atoms with Crippen molar-refractivity contribution in [3.8, 4) is 0 Å². The van der Waals surface area contributed by atoms with Crippen LogP contribution in [0.3, 0.4) is 0 Å². The lowest BCUT2D eigenvalue weighted by molar-refractivity contribution is 0.126. The molecule has 0 aromatic carbocycles. The number of rotatable bonds is 6. The number of likely N-dealkylation sites (N-methyl/N-ethyl adjacent to an activating group) is 1. The first kappa shape index (κ1) is 12.0. The Kier molecular flexibility index (Phi) is 5.45. The first-order chi connectivity index (χ1) is 6.83. The van der Waals surface area contributed by atoms with Gasteiger partial charge in [0, 0.05) is 25.1 Å². The Balaban J connectivity index is 2.48. The molecule has 3 heteroatoms. The van der Waals surface area contributed by atoms with Crippen molar-refractivity contribution in [2.24, 2.45) is 11.7 Å². The molecule has 0 aromatic rings. The third-order valence-electron chi connectivity index (χ3n) is 3.14. The van der Waals surface area contributed by atoms with Gasteiger partial charge in [-0.2, -0.15) is 0 Å². The molecular formula is C11H24N2O. The molecule has 1 rings (SSSR count). The van der Waals surface area contributed by atoms with Gasteiger partial charge < -0.3 is 10.5 Å². The Labute approximate surface area is 87.6 Å². The highest BCUT2D eigenvalue weighted by Gasteiger charge is 2.28. The van der Waals surface area contributed by atoms with Crippen LogP contribution in [0.5, 0.6) is 0 Å². The Morgan fingerprint density at radius 1 is 1.50 bits per heavy atom. The summed E-state index contributed by atoms with van der Waals surface area (Å²) in [5.41, 5.74) is 5.86. The van der Waals surface area contributed by atoms with Crippen molar-refractivity contribution >= 4 is 0 Å². The first-order valence-corrected chi connectivity index (χ1v) is 5.85. The summed E-state index contributed by atoms with van der Waals surface area (Å²) in [6, 6.07) is 0.530. The van der Waals surface area contributed by atoms with E-state index in [1.54, 1.807) is 0 Å². The van der Waals surface area contributed by atoms with Gasteiger partial charge in [0.2, 0.25) is 0 Å². The third-order valence-corrected chi connectivity index (χ3v) is 3.14. The lowest BCUT2D eigenvalue weighted by atomic mass is 9.97. The maximum Gasteiger partial charge on any atom is 0.0510 e. The molecule has 2 atom stereocenters. The molecule has 3 nitrogen and oxygen atoms in total. The van der Waals surface area contributed by atoms with Crippen molar-refractivity contribution in [1.29, 1.82) is 0 Å². The lowest BCUT2D eigenvalue weighted by Gasteiger charge is -2.33. The monoisotopic (exact) mass is 200 g/mol. The molecular weight excluding hydrogens is 176 g/mol. The average Bonchev–Trinajstić information content (AvgIpc) is 2.71. The molecule has 0 aromatic heterocycles. The summed E-state index contributed by atoms with van der Waals surface area (Å²) >= 11 is 0. The largest absolute Gasteiger partial charge is 0.381 e. The van der Waals surface area contributed by atoms with Gasteiger partial charge >= 0.3 is 0 Å². The zero-order valence-corrected chi connectivity index (χ0v) is 9.54. The summed E-state index contributed by atoms with van der Waals surface area (Å²) in [5.74, 6) is 0.659. The van der Waals surface area contributed by atoms with Crippen molar-refractivity contribution in [2.45, 2.75) is 32.7 Å². The zero-order valence-electron chi connectivity index (χ0n) is 9.54. The number of hydrogen-bond acceptors (Lipinski definition) is 3. The minimum absolute atomic E-state index is 0.530. The summed E-state index contributed by atoms with van der Waals surface area (Å²) < 4.78 is 5.43. The van der Waals surface area contributed by atoms with Crippen LogP contribution in [0.4, 0.5) is 0 Å². The molecule has 2 N–H and O–H groups in total. The molecule has 0 amide bonds. The lowest BCUT2D eigenvalue weighted by Crippen LogP contribution is -2.46. The summed E-state index contributed by atoms with van der Waals surface area (Å²) in [4.78, 5) is 2.50. The van der Waals surface area contributed by atoms with Gasteiger partial charge in [-0.25, -0.2) is 0 Å². The van der Waals surface area contributed by atoms with E-state index in [1.165, 1.54) is 12.8 Å². The topological polar surface area (TPSA) is 38.5 Å². The second kappa shape index (κ2) is 6.38. The van der Waals surface area contributed by atoms with E-state index in [-0.39, 0.29) is 0 Å². The second-order valence-electron chi connectivity index (χ2n) is 4.06. The molecule has 84 valence electrons. The second-order valence-corrected chi connectivity index (χ2v) is 4.06. The van der Waals surface area contributed by atoms with E-state index < -0.39 is 0 Å². The van der Waals surface area contributed by atoms with Crippen molar-refractivity contribution in [3.63, 3.8) is 0 Å². The highest BCUT2D eigenvalue weighted by atomic mass is 16.5. The normalized spacial score (nSPS) is 24.4. The van der Waals surface area contributed by atoms with Crippen LogP contribution in [0.2, 0.25) is 0 Å². The van der Waals surface area contributed by atoms with Gasteiger partial charge in [-0.05, 0) is 25.9 Å². The molecule has 1 aliphatic heterocycles. The van der Waals surface area contributed by atoms with Crippen LogP contribution in [0.15, 0.2) is 0 Å². The standard InChI is InChI=1S/C11H24N2O/c1-3-6-13(4-2)11(8-12)10-5-7-14-9-10/h10-11H,3-9,12H2,1-2H3. The molecule has 0 bridgehead atoms. The highest BCUT2D eigenvalue weighted by molar-refractivity contribution is 4.82. The molecule has 0 saturated carbocycles. The van der Waals surface area contributed by atoms with Gasteiger partial charge in [-0.3, -0.25) is 4.90 Å². The van der Waals surface area contributed by atoms with Gasteiger partial charge in [0.25, 0.3) is 0 Å². The molecule has 0 aliphatic carbocycles. The van der Waals surface area contributed by atoms with Crippen LogP contribution >= 0.6 is 0 Å². The molecule has 1 saturated heterocycles. The summed E-state index contributed by atoms with van der Waals surface area (Å²) in [6.45, 7) is 9.30. The predicted octanol–water partition coefficient (Wildman–Crippen LogP) is 1.08. The van der Waals surface area contributed by atoms with E-state index in [2.05, 4.69) is 18.7 Å². The van der Waals surface area contributed by atoms with Crippen LogP contribution in [0.1, 0.15) is 26.7 Å². The maximum atomic E-state index is 5.86. The first-order valence-electron chi connectivity index (χ1n) is 5.85. The average molecular weight is 200 g/mol. The van der Waals surface area contributed by atoms with Gasteiger partial charge in [0.1, 0.15) is 0 Å². The number of hydrogen-bond donors (Lipinski definition) is 1. The van der Waals surface area contributed by atoms with Gasteiger partial charge in [-0.1, -0.05) is 13.8 Å². The fraction of sp³-hybridized carbons (Fsp3) is 1.00. The fourth-order valence-corrected chi connectivity index (χ4v) is 2.34. The third kappa shape index (κ3) is 2.94. The molecule has 1 heterocycles. The van der Waals surface area contributed by atoms with E-state index in [4.69, 9.17) is 10.5 Å². The summed E-state index contributed by atoms with van der Waals surface area (Å²) in [5, 5.41) is 0. The molecule has 1 aliphatic rings. The Morgan fingerprint density at radius 2 is 2.29 bits per heavy atom. The maximum absolute atomic E-state index is 5.86. The number of ether oxygens (including phenoxy) is 1. The Bertz CT molecular complexity index is 146. The fourth-order valence-electron chi connectivity index (χ4n) is 2.34. The number of nitrogens with two attached hydrogens (primary N) is 1. The molecule has 14 heavy (non-hydrogen) atoms. The molecule has 2 unspecified atom stereocenters. The van der Waals surface area contributed by atoms with E-state index in [0.29, 0.717) is 12.0 Å². The van der Waals surface area contributed by atoms with Crippen LogP contribution in [0.25, 0.3) is 0 Å². The van der Waals surface area contributed by atoms with Crippen LogP contribution in [0, 0.1) is 5.92 Å². The minimum Gasteiger partial charge on any atom is -0.381 e. The highest BCUT2D eigenvalue weighted by Crippen LogP contribution is 2.20. The van der Waals surface area contributed by atoms with E-state index >= 15 is 0 Å². The van der Waals surface area contributed by atoms with Gasteiger partial charge in [0.05, 0.1) is 6.61 Å². The van der Waals surface area contributed by atoms with E-state index in [1.807, 2.05) is 0 Å². The summed E-state index contributed by atoms with van der Waals surface area (Å²) in [6.07, 6.45) is 2.39. The molecule has 0 spiro atoms. The summed E-state index contributed by atoms with van der Waals surface area (Å²) in [7, 11) is 0. The molecule has 1 fully saturated rings. The van der Waals surface area contributed by atoms with Gasteiger partial charge in [0.15, 0.2) is 0 Å². The van der Waals surface area contributed by atoms with Gasteiger partial charge in [-0.15, -0.1) is 0 Å². The quantitative estimate of drug-likeness (QED) is 0.697. The predicted molar refractivity (Wildman–Crippen MR) is 59.3 cm³/mol. The Morgan fingerprint density at radius 3 is 2.71 bits per heavy atom. The van der Waals surface area contributed by atoms with Crippen LogP contribution in [-0.4, -0.2) is 43.8 Å². The zero-order chi connectivity index (χ0) is 10.4. The van der Waals surface area contributed by atoms with Crippen molar-refractivity contribution < 1.29 is 4.74 Å². The number of nitrogens with zero attached hydrogens (tertiary/aromatic N) is 1. The Hall–Kier alpha value is -0.120. The smallest absolute Gasteiger partial charge is 0.0510 e. The van der Waals surface area contributed by atoms with Crippen molar-refractivity contribution in [3.05, 3.63) is 0 Å². The van der Waals surface area contributed by atoms with Crippen molar-refractivity contribution in [2.75, 3.05) is 32.8 Å². The molecule has 0 radical (unpaired) electrons. The van der Waals surface area contributed by atoms with E-state index in [9.17, 15) is 0 Å².